The summed E-state index contributed by atoms with van der Waals surface area (Å²) >= 11 is 0. The number of nitrogens with zero attached hydrogens (tertiary/aromatic N) is 2. The lowest BCUT2D eigenvalue weighted by molar-refractivity contribution is -0.385. The summed E-state index contributed by atoms with van der Waals surface area (Å²) in [5.74, 6) is -0.461. The molecule has 0 aliphatic rings. The Hall–Kier alpha value is -2.93. The van der Waals surface area contributed by atoms with Gasteiger partial charge in [0, 0.05) is 12.1 Å². The lowest BCUT2D eigenvalue weighted by Gasteiger charge is -2.18. The van der Waals surface area contributed by atoms with Crippen LogP contribution < -0.4 is 9.05 Å². The summed E-state index contributed by atoms with van der Waals surface area (Å²) in [6, 6.07) is 10.8. The van der Waals surface area contributed by atoms with Crippen LogP contribution >= 0.6 is 7.60 Å². The van der Waals surface area contributed by atoms with Crippen molar-refractivity contribution in [3.05, 3.63) is 68.8 Å². The van der Waals surface area contributed by atoms with E-state index in [1.165, 1.54) is 55.5 Å². The van der Waals surface area contributed by atoms with Crippen LogP contribution in [0.1, 0.15) is 6.92 Å². The van der Waals surface area contributed by atoms with E-state index in [1.807, 2.05) is 0 Å². The van der Waals surface area contributed by atoms with Crippen molar-refractivity contribution in [1.82, 2.24) is 0 Å². The summed E-state index contributed by atoms with van der Waals surface area (Å²) in [6.07, 6.45) is -0.134. The summed E-state index contributed by atoms with van der Waals surface area (Å²) in [7, 11) is -3.89. The third-order valence-electron chi connectivity index (χ3n) is 2.99. The molecule has 0 bridgehead atoms. The van der Waals surface area contributed by atoms with Crippen molar-refractivity contribution >= 4 is 19.0 Å². The predicted octanol–water partition coefficient (Wildman–Crippen LogP) is 4.17. The van der Waals surface area contributed by atoms with E-state index in [1.54, 1.807) is 0 Å². The second-order valence-corrected chi connectivity index (χ2v) is 6.78. The van der Waals surface area contributed by atoms with E-state index >= 15 is 0 Å². The Morgan fingerprint density at radius 1 is 0.875 bits per heavy atom. The van der Waals surface area contributed by atoms with Crippen LogP contribution in [-0.4, -0.2) is 16.0 Å². The van der Waals surface area contributed by atoms with Gasteiger partial charge in [-0.2, -0.15) is 0 Å². The fraction of sp³-hybridized carbons (Fsp3) is 0.143. The highest BCUT2D eigenvalue weighted by Gasteiger charge is 2.31. The number of para-hydroxylation sites is 4. The maximum Gasteiger partial charge on any atom is 0.430 e. The maximum absolute atomic E-state index is 12.8. The van der Waals surface area contributed by atoms with Crippen molar-refractivity contribution < 1.29 is 23.5 Å². The minimum atomic E-state index is -3.89. The first-order valence-corrected chi connectivity index (χ1v) is 8.54. The Morgan fingerprint density at radius 3 is 1.58 bits per heavy atom. The van der Waals surface area contributed by atoms with Gasteiger partial charge in [0.15, 0.2) is 0 Å². The molecule has 0 amide bonds. The van der Waals surface area contributed by atoms with Gasteiger partial charge in [-0.05, 0) is 12.1 Å². The first kappa shape index (κ1) is 17.4. The van der Waals surface area contributed by atoms with Gasteiger partial charge in [0.2, 0.25) is 11.5 Å². The topological polar surface area (TPSA) is 122 Å². The van der Waals surface area contributed by atoms with Crippen LogP contribution in [-0.2, 0) is 4.57 Å². The van der Waals surface area contributed by atoms with Gasteiger partial charge >= 0.3 is 19.0 Å². The van der Waals surface area contributed by atoms with E-state index in [0.717, 1.165) is 0 Å². The summed E-state index contributed by atoms with van der Waals surface area (Å²) in [6.45, 7) is 1.49. The van der Waals surface area contributed by atoms with Crippen molar-refractivity contribution in [1.29, 1.82) is 0 Å². The van der Waals surface area contributed by atoms with Gasteiger partial charge in [0.05, 0.1) is 16.0 Å². The molecule has 24 heavy (non-hydrogen) atoms. The fourth-order valence-corrected chi connectivity index (χ4v) is 3.02. The highest BCUT2D eigenvalue weighted by atomic mass is 31.2. The van der Waals surface area contributed by atoms with Crippen LogP contribution in [0.2, 0.25) is 0 Å². The monoisotopic (exact) mass is 352 g/mol. The molecule has 2 aromatic rings. The molecule has 0 spiro atoms. The van der Waals surface area contributed by atoms with Crippen molar-refractivity contribution in [2.24, 2.45) is 0 Å². The lowest BCUT2D eigenvalue weighted by Crippen LogP contribution is -2.06. The number of rotatable bonds is 7. The molecule has 0 heterocycles. The van der Waals surface area contributed by atoms with Crippen LogP contribution in [0.4, 0.5) is 11.4 Å². The largest absolute Gasteiger partial charge is 0.430 e. The average molecular weight is 352 g/mol. The molecule has 0 unspecified atom stereocenters. The molecule has 0 aromatic heterocycles. The van der Waals surface area contributed by atoms with Crippen LogP contribution in [0.5, 0.6) is 11.5 Å². The van der Waals surface area contributed by atoms with Crippen LogP contribution in [0, 0.1) is 20.2 Å². The molecular formula is C14H13N2O7P. The first-order chi connectivity index (χ1) is 11.4. The van der Waals surface area contributed by atoms with Gasteiger partial charge in [0.25, 0.3) is 0 Å². The number of nitro benzene ring substituents is 2. The molecule has 0 radical (unpaired) electrons. The van der Waals surface area contributed by atoms with Gasteiger partial charge in [-0.15, -0.1) is 0 Å². The third-order valence-corrected chi connectivity index (χ3v) is 4.71. The molecule has 0 aliphatic carbocycles. The summed E-state index contributed by atoms with van der Waals surface area (Å²) in [5, 5.41) is 22.0. The highest BCUT2D eigenvalue weighted by molar-refractivity contribution is 7.54. The van der Waals surface area contributed by atoms with Crippen LogP contribution in [0.15, 0.2) is 48.5 Å². The van der Waals surface area contributed by atoms with Crippen LogP contribution in [0.3, 0.4) is 0 Å². The zero-order valence-electron chi connectivity index (χ0n) is 12.5. The standard InChI is InChI=1S/C14H13N2O7P/c1-2-24(21,22-13-9-5-3-7-11(13)15(17)18)23-14-10-6-4-8-12(14)16(19)20/h3-10H,2H2,1H3. The average Bonchev–Trinajstić information content (AvgIpc) is 2.55. The summed E-state index contributed by atoms with van der Waals surface area (Å²) in [5.41, 5.74) is -0.755. The molecule has 0 saturated carbocycles. The van der Waals surface area contributed by atoms with Crippen molar-refractivity contribution in [2.45, 2.75) is 6.92 Å². The molecule has 0 atom stereocenters. The minimum absolute atomic E-state index is 0.134. The molecule has 0 aliphatic heterocycles. The summed E-state index contributed by atoms with van der Waals surface area (Å²) in [4.78, 5) is 20.6. The highest BCUT2D eigenvalue weighted by Crippen LogP contribution is 2.51. The SMILES string of the molecule is CCP(=O)(Oc1ccccc1[N+](=O)[O-])Oc1ccccc1[N+](=O)[O-]. The van der Waals surface area contributed by atoms with Gasteiger partial charge in [-0.1, -0.05) is 31.2 Å². The van der Waals surface area contributed by atoms with Gasteiger partial charge in [-0.3, -0.25) is 20.2 Å². The van der Waals surface area contributed by atoms with Crippen molar-refractivity contribution in [3.8, 4) is 11.5 Å². The third kappa shape index (κ3) is 3.88. The van der Waals surface area contributed by atoms with Gasteiger partial charge in [0.1, 0.15) is 0 Å². The van der Waals surface area contributed by atoms with E-state index in [2.05, 4.69) is 0 Å². The second-order valence-electron chi connectivity index (χ2n) is 4.56. The number of benzene rings is 2. The Balaban J connectivity index is 2.36. The Morgan fingerprint density at radius 2 is 1.25 bits per heavy atom. The smallest absolute Gasteiger partial charge is 0.409 e. The molecule has 0 fully saturated rings. The number of nitro groups is 2. The quantitative estimate of drug-likeness (QED) is 0.416. The zero-order valence-corrected chi connectivity index (χ0v) is 13.4. The molecule has 9 nitrogen and oxygen atoms in total. The Kier molecular flexibility index (Phi) is 5.15. The van der Waals surface area contributed by atoms with Crippen LogP contribution in [0.25, 0.3) is 0 Å². The molecule has 126 valence electrons. The van der Waals surface area contributed by atoms with Crippen molar-refractivity contribution in [2.75, 3.05) is 6.16 Å². The second kappa shape index (κ2) is 7.10. The van der Waals surface area contributed by atoms with E-state index in [9.17, 15) is 24.8 Å². The van der Waals surface area contributed by atoms with Gasteiger partial charge < -0.3 is 9.05 Å². The van der Waals surface area contributed by atoms with Gasteiger partial charge in [-0.25, -0.2) is 4.57 Å². The molecule has 2 rings (SSSR count). The predicted molar refractivity (Wildman–Crippen MR) is 85.6 cm³/mol. The maximum atomic E-state index is 12.8. The molecule has 0 N–H and O–H groups in total. The number of hydrogen-bond acceptors (Lipinski definition) is 7. The Bertz CT molecular complexity index is 761. The normalized spacial score (nSPS) is 10.9. The first-order valence-electron chi connectivity index (χ1n) is 6.81. The van der Waals surface area contributed by atoms with E-state index in [4.69, 9.17) is 9.05 Å². The van der Waals surface area contributed by atoms with Crippen molar-refractivity contribution in [3.63, 3.8) is 0 Å². The summed E-state index contributed by atoms with van der Waals surface area (Å²) < 4.78 is 23.3. The Labute approximate surface area is 136 Å². The zero-order chi connectivity index (χ0) is 17.7. The van der Waals surface area contributed by atoms with E-state index < -0.39 is 17.4 Å². The molecule has 2 aromatic carbocycles. The fourth-order valence-electron chi connectivity index (χ4n) is 1.82. The lowest BCUT2D eigenvalue weighted by atomic mass is 10.3. The minimum Gasteiger partial charge on any atom is -0.409 e. The van der Waals surface area contributed by atoms with E-state index in [-0.39, 0.29) is 29.0 Å². The molecular weight excluding hydrogens is 339 g/mol. The molecule has 0 saturated heterocycles. The molecule has 10 heteroatoms. The number of hydrogen-bond donors (Lipinski definition) is 0. The van der Waals surface area contributed by atoms with E-state index in [0.29, 0.717) is 0 Å².